The van der Waals surface area contributed by atoms with Crippen LogP contribution in [-0.4, -0.2) is 129 Å². The molecule has 0 unspecified atom stereocenters. The summed E-state index contributed by atoms with van der Waals surface area (Å²) in [5.74, 6) is -2.87. The van der Waals surface area contributed by atoms with Crippen molar-refractivity contribution in [1.82, 2.24) is 14.5 Å². The van der Waals surface area contributed by atoms with Crippen LogP contribution in [0.5, 0.6) is 23.0 Å². The molecule has 4 aliphatic rings. The molecule has 5 atom stereocenters. The van der Waals surface area contributed by atoms with E-state index < -0.39 is 74.7 Å². The van der Waals surface area contributed by atoms with Crippen molar-refractivity contribution in [2.45, 2.75) is 127 Å². The molecule has 24 nitrogen and oxygen atoms in total. The van der Waals surface area contributed by atoms with Gasteiger partial charge in [0.05, 0.1) is 52.5 Å². The van der Waals surface area contributed by atoms with E-state index in [1.54, 1.807) is 72.8 Å². The summed E-state index contributed by atoms with van der Waals surface area (Å²) in [5, 5.41) is 44.0. The smallest absolute Gasteiger partial charge is 0.416 e. The van der Waals surface area contributed by atoms with Crippen molar-refractivity contribution in [1.29, 1.82) is 0 Å². The number of H-pyrrole nitrogens is 1. The molecular weight excluding hydrogens is 1870 g/mol. The van der Waals surface area contributed by atoms with Gasteiger partial charge in [-0.2, -0.15) is 21.6 Å². The summed E-state index contributed by atoms with van der Waals surface area (Å²) in [6.07, 6.45) is 6.05. The van der Waals surface area contributed by atoms with Crippen LogP contribution in [0.15, 0.2) is 217 Å². The SMILES string of the molecule is CCc1c(C(=O)C(N)=O)c2c(OCC(=O)OC)cccc2n1Cc1ccccc1.C[C@H]1c2c([nH]c3ccc(C(F)(F)F)cc23)C[C@H]2CCN(CCC3(C(=O)O)CCCCC3)C[C@@H]21.O=C(Nc1ccccc1)Nc1ccc(-c2ccc(C(=O)[C@@H]3CCC[C@H]3C(=O)O)cc2)cc1.O=C(O)CCc1cc(I)c(Oc2ccc(O)cc2)c(I)c1.O=S(=O)(O)c1ccccc1.[CH3-]. The number of nitrogens with two attached hydrogens (primary N) is 1. The Morgan fingerprint density at radius 2 is 1.30 bits per heavy atom. The molecule has 3 fully saturated rings. The summed E-state index contributed by atoms with van der Waals surface area (Å²) in [7, 11) is -2.74. The van der Waals surface area contributed by atoms with Crippen molar-refractivity contribution in [3.05, 3.63) is 272 Å². The highest BCUT2D eigenvalue weighted by atomic mass is 127. The molecule has 126 heavy (non-hydrogen) atoms. The van der Waals surface area contributed by atoms with Gasteiger partial charge in [0, 0.05) is 64.7 Å². The zero-order valence-electron chi connectivity index (χ0n) is 69.8. The Balaban J connectivity index is 0.000000170. The molecule has 15 rings (SSSR count). The van der Waals surface area contributed by atoms with Crippen LogP contribution in [0.1, 0.15) is 145 Å². The van der Waals surface area contributed by atoms with Crippen LogP contribution in [0.25, 0.3) is 32.9 Å². The topological polar surface area (TPSA) is 374 Å². The number of methoxy groups -OCH3 is 1. The Labute approximate surface area is 755 Å². The number of hydrogen-bond donors (Lipinski definition) is 9. The van der Waals surface area contributed by atoms with Gasteiger partial charge in [-0.1, -0.05) is 149 Å². The lowest BCUT2D eigenvalue weighted by molar-refractivity contribution is -0.152. The lowest BCUT2D eigenvalue weighted by atomic mass is 9.67. The first-order valence-corrected chi connectivity index (χ1v) is 44.5. The number of carboxylic acid groups (broad SMARTS) is 3. The van der Waals surface area contributed by atoms with Crippen molar-refractivity contribution >= 4 is 136 Å². The number of carbonyl (C=O) groups excluding carboxylic acids is 5. The van der Waals surface area contributed by atoms with Crippen LogP contribution in [0, 0.1) is 43.7 Å². The molecular formula is C96H100F3I2N6O18S-. The predicted octanol–water partition coefficient (Wildman–Crippen LogP) is 20.2. The first kappa shape index (κ1) is 96.7. The normalized spacial score (nSPS) is 16.8. The summed E-state index contributed by atoms with van der Waals surface area (Å²) in [6.45, 7) is 6.92. The van der Waals surface area contributed by atoms with Crippen molar-refractivity contribution in [2.75, 3.05) is 44.0 Å². The lowest BCUT2D eigenvalue weighted by Gasteiger charge is -2.45. The number of piperidine rings is 1. The van der Waals surface area contributed by atoms with Gasteiger partial charge >= 0.3 is 36.1 Å². The van der Waals surface area contributed by atoms with Gasteiger partial charge in [0.2, 0.25) is 0 Å². The number of aliphatic carboxylic acids is 3. The van der Waals surface area contributed by atoms with E-state index in [2.05, 4.69) is 77.4 Å². The number of likely N-dealkylation sites (tertiary alicyclic amines) is 1. The number of hydrogen-bond acceptors (Lipinski definition) is 15. The third-order valence-electron chi connectivity index (χ3n) is 23.2. The minimum atomic E-state index is -4.35. The second-order valence-electron chi connectivity index (χ2n) is 31.2. The minimum absolute atomic E-state index is 0. The van der Waals surface area contributed by atoms with Gasteiger partial charge in [-0.15, -0.1) is 0 Å². The second-order valence-corrected chi connectivity index (χ2v) is 35.0. The van der Waals surface area contributed by atoms with E-state index in [1.807, 2.05) is 127 Å². The standard InChI is InChI=1S/C26H33F3N2O2.C26H24N2O4.C22H22N2O5.C15H12I2O4.C6H6O3S.CH3/c1-16-20-15-31(12-10-25(24(32)33)8-3-2-4-9-25)11-7-17(20)13-22-23(16)19-14-18(26(27,28)29)5-6-21(19)30-22;29-24(22-7-4-8-23(22)25(30)31)19-11-9-17(10-12-19)18-13-15-21(16-14-18)28-26(32)27-20-5-2-1-3-6-20;1-3-15-20(21(26)22(23)27)19-16(24(15)12-14-8-5-4-6-9-14)10-7-11-17(19)29-13-18(25)28-2;16-12-7-9(1-6-14(19)20)8-13(17)15(12)21-11-4-2-10(18)3-5-11;7-10(8,9)6-4-2-1-3-5-6;/h5-6,14,16-17,20,30H,2-4,7-13,15H2,1H3,(H,32,33);1-3,5-6,9-16,22-23H,4,7-8H2,(H,30,31)(H2,27,28,32);4-11H,3,12-13H2,1-2H3,(H2,23,27);2-5,7-8,18H,1,6H2,(H,19,20);1-5H,(H,7,8,9);1H3/q;;;;;-1/t16-,17-,20-;22-,23-;;;;/m11..../s1. The number of aromatic nitrogens is 2. The predicted molar refractivity (Wildman–Crippen MR) is 492 cm³/mol. The molecule has 0 spiro atoms. The molecule has 3 amide bonds. The van der Waals surface area contributed by atoms with Gasteiger partial charge in [-0.25, -0.2) is 9.59 Å². The first-order valence-electron chi connectivity index (χ1n) is 40.9. The number of esters is 1. The number of alkyl halides is 3. The number of para-hydroxylation sites is 1. The number of urea groups is 1. The van der Waals surface area contributed by atoms with Crippen LogP contribution in [0.2, 0.25) is 0 Å². The number of phenols is 1. The quantitative estimate of drug-likeness (QED) is 0.00677. The number of halogens is 5. The monoisotopic (exact) mass is 1970 g/mol. The number of ketones is 2. The number of ether oxygens (including phenoxy) is 3. The third-order valence-corrected chi connectivity index (χ3v) is 25.7. The van der Waals surface area contributed by atoms with Gasteiger partial charge < -0.3 is 72.9 Å². The number of Topliss-reactive ketones (excluding diaryl/α,β-unsaturated/α-hetero) is 2. The average molecular weight is 1970 g/mol. The molecule has 30 heteroatoms. The number of nitrogens with one attached hydrogen (secondary N) is 3. The van der Waals surface area contributed by atoms with Gasteiger partial charge in [0.1, 0.15) is 17.2 Å². The number of aromatic amines is 1. The van der Waals surface area contributed by atoms with E-state index in [0.29, 0.717) is 95.4 Å². The van der Waals surface area contributed by atoms with Gasteiger partial charge in [-0.05, 0) is 265 Å². The minimum Gasteiger partial charge on any atom is -0.508 e. The van der Waals surface area contributed by atoms with Gasteiger partial charge in [0.25, 0.3) is 21.8 Å². The summed E-state index contributed by atoms with van der Waals surface area (Å²) in [6, 6.07) is 60.4. The van der Waals surface area contributed by atoms with Crippen LogP contribution in [0.4, 0.5) is 29.3 Å². The molecule has 2 aromatic heterocycles. The summed E-state index contributed by atoms with van der Waals surface area (Å²) in [5.41, 5.74) is 14.5. The van der Waals surface area contributed by atoms with Gasteiger partial charge in [-0.3, -0.25) is 33.3 Å². The van der Waals surface area contributed by atoms with Crippen LogP contribution in [0.3, 0.4) is 0 Å². The van der Waals surface area contributed by atoms with Gasteiger partial charge in [0.15, 0.2) is 18.1 Å². The maximum Gasteiger partial charge on any atom is 0.416 e. The molecule has 664 valence electrons. The van der Waals surface area contributed by atoms with E-state index in [0.717, 1.165) is 135 Å². The van der Waals surface area contributed by atoms with Crippen LogP contribution < -0.4 is 25.8 Å². The number of nitrogens with zero attached hydrogens (tertiary/aromatic N) is 2. The molecule has 3 aliphatic carbocycles. The third kappa shape index (κ3) is 25.0. The molecule has 2 saturated carbocycles. The Bertz CT molecular complexity index is 5760. The van der Waals surface area contributed by atoms with E-state index in [9.17, 15) is 75.3 Å². The number of phenolic OH excluding ortho intramolecular Hbond substituents is 1. The van der Waals surface area contributed by atoms with E-state index in [4.69, 9.17) is 24.9 Å². The number of carbonyl (C=O) groups is 8. The fourth-order valence-corrected chi connectivity index (χ4v) is 19.4. The zero-order chi connectivity index (χ0) is 89.9. The number of benzene rings is 9. The van der Waals surface area contributed by atoms with E-state index >= 15 is 0 Å². The molecule has 0 bridgehead atoms. The first-order chi connectivity index (χ1) is 59.7. The Morgan fingerprint density at radius 1 is 0.698 bits per heavy atom. The Hall–Kier alpha value is -11.5. The maximum atomic E-state index is 13.3. The molecule has 10 N–H and O–H groups in total. The Morgan fingerprint density at radius 3 is 1.87 bits per heavy atom. The number of anilines is 2. The number of aromatic hydroxyl groups is 1. The van der Waals surface area contributed by atoms with Crippen LogP contribution >= 0.6 is 45.2 Å². The number of aryl methyl sites for hydroxylation is 1. The highest BCUT2D eigenvalue weighted by molar-refractivity contribution is 14.1. The fourth-order valence-electron chi connectivity index (χ4n) is 16.8. The average Bonchev–Trinajstić information content (AvgIpc) is 1.61. The van der Waals surface area contributed by atoms with Crippen molar-refractivity contribution in [3.8, 4) is 34.1 Å². The summed E-state index contributed by atoms with van der Waals surface area (Å²) in [4.78, 5) is 101. The number of carboxylic acids is 3. The van der Waals surface area contributed by atoms with Crippen molar-refractivity contribution in [3.63, 3.8) is 0 Å². The Kier molecular flexibility index (Phi) is 33.9. The number of fused-ring (bicyclic) bond motifs is 5. The van der Waals surface area contributed by atoms with E-state index in [1.165, 1.54) is 25.3 Å². The zero-order valence-corrected chi connectivity index (χ0v) is 75.0. The maximum absolute atomic E-state index is 13.3. The number of amides is 3. The fraction of sp³-hybridized carbons (Fsp3) is 0.302. The number of rotatable bonds is 24. The van der Waals surface area contributed by atoms with Crippen molar-refractivity contribution in [2.24, 2.45) is 34.8 Å². The largest absolute Gasteiger partial charge is 0.508 e. The highest BCUT2D eigenvalue weighted by Gasteiger charge is 2.44. The second kappa shape index (κ2) is 44.1. The van der Waals surface area contributed by atoms with Crippen LogP contribution in [-0.2, 0) is 70.8 Å². The highest BCUT2D eigenvalue weighted by Crippen LogP contribution is 2.49. The van der Waals surface area contributed by atoms with E-state index in [-0.39, 0.29) is 54.4 Å². The molecule has 0 radical (unpaired) electrons. The molecule has 9 aromatic carbocycles. The summed E-state index contributed by atoms with van der Waals surface area (Å²) < 4.78 is 89.1. The molecule has 1 saturated heterocycles. The summed E-state index contributed by atoms with van der Waals surface area (Å²) >= 11 is 4.35. The molecule has 3 heterocycles. The molecule has 1 aliphatic heterocycles. The lowest BCUT2D eigenvalue weighted by Crippen LogP contribution is -2.47. The number of primary amides is 1. The molecule has 11 aromatic rings. The van der Waals surface area contributed by atoms with Crippen molar-refractivity contribution < 1.29 is 99.1 Å².